The Labute approximate surface area is 169 Å². The van der Waals surface area contributed by atoms with E-state index in [1.54, 1.807) is 0 Å². The Morgan fingerprint density at radius 1 is 1.07 bits per heavy atom. The molecule has 1 unspecified atom stereocenters. The van der Waals surface area contributed by atoms with Crippen molar-refractivity contribution in [2.24, 2.45) is 0 Å². The normalized spacial score (nSPS) is 12.6. The molecule has 1 amide bonds. The van der Waals surface area contributed by atoms with Crippen LogP contribution in [0.1, 0.15) is 33.3 Å². The van der Waals surface area contributed by atoms with Gasteiger partial charge >= 0.3 is 0 Å². The number of carbonyl (C=O) groups excluding carboxylic acids is 1. The maximum absolute atomic E-state index is 12.4. The fraction of sp³-hybridized carbons (Fsp3) is 0.286. The van der Waals surface area contributed by atoms with Gasteiger partial charge in [-0.1, -0.05) is 75.0 Å². The van der Waals surface area contributed by atoms with Crippen molar-refractivity contribution in [1.82, 2.24) is 14.9 Å². The molecule has 6 nitrogen and oxygen atoms in total. The van der Waals surface area contributed by atoms with Crippen LogP contribution in [0.4, 0.5) is 5.69 Å². The van der Waals surface area contributed by atoms with Gasteiger partial charge in [-0.05, 0) is 30.0 Å². The summed E-state index contributed by atoms with van der Waals surface area (Å²) in [5, 5.41) is 11.4. The predicted octanol–water partition coefficient (Wildman–Crippen LogP) is 4.08. The summed E-state index contributed by atoms with van der Waals surface area (Å²) in [5.41, 5.74) is 2.96. The highest BCUT2D eigenvalue weighted by Gasteiger charge is 2.20. The Morgan fingerprint density at radius 2 is 1.71 bits per heavy atom. The molecular formula is C21H25N5OS. The Balaban J connectivity index is 1.71. The van der Waals surface area contributed by atoms with Crippen molar-refractivity contribution in [2.75, 3.05) is 11.2 Å². The van der Waals surface area contributed by atoms with Gasteiger partial charge in [-0.25, -0.2) is 4.68 Å². The van der Waals surface area contributed by atoms with Crippen molar-refractivity contribution in [2.45, 2.75) is 43.5 Å². The van der Waals surface area contributed by atoms with Crippen LogP contribution in [0.2, 0.25) is 0 Å². The Hall–Kier alpha value is -2.80. The van der Waals surface area contributed by atoms with Crippen LogP contribution >= 0.6 is 11.8 Å². The van der Waals surface area contributed by atoms with Crippen molar-refractivity contribution in [1.29, 1.82) is 0 Å². The van der Waals surface area contributed by atoms with E-state index in [1.807, 2.05) is 49.4 Å². The summed E-state index contributed by atoms with van der Waals surface area (Å²) in [5.74, 6) is 6.65. The van der Waals surface area contributed by atoms with E-state index in [0.29, 0.717) is 11.0 Å². The largest absolute Gasteiger partial charge is 0.335 e. The number of rotatable bonds is 5. The minimum absolute atomic E-state index is 0.0808. The van der Waals surface area contributed by atoms with E-state index in [2.05, 4.69) is 48.4 Å². The maximum Gasteiger partial charge on any atom is 0.237 e. The monoisotopic (exact) mass is 395 g/mol. The fourth-order valence-electron chi connectivity index (χ4n) is 2.65. The summed E-state index contributed by atoms with van der Waals surface area (Å²) >= 11 is 1.27. The van der Waals surface area contributed by atoms with Crippen molar-refractivity contribution >= 4 is 23.4 Å². The van der Waals surface area contributed by atoms with Crippen LogP contribution < -0.4 is 11.2 Å². The van der Waals surface area contributed by atoms with Crippen LogP contribution in [0, 0.1) is 0 Å². The third-order valence-electron chi connectivity index (χ3n) is 4.37. The SMILES string of the molecule is CC(Sc1nnc(-c2ccc(C(C)(C)C)cc2)n1N)C(=O)Nc1ccccc1. The van der Waals surface area contributed by atoms with Crippen LogP contribution in [0.15, 0.2) is 59.8 Å². The molecule has 0 bridgehead atoms. The van der Waals surface area contributed by atoms with E-state index >= 15 is 0 Å². The Morgan fingerprint density at radius 3 is 2.32 bits per heavy atom. The number of carbonyl (C=O) groups is 1. The van der Waals surface area contributed by atoms with E-state index in [1.165, 1.54) is 22.0 Å². The van der Waals surface area contributed by atoms with Gasteiger partial charge in [-0.15, -0.1) is 10.2 Å². The van der Waals surface area contributed by atoms with Gasteiger partial charge in [0.2, 0.25) is 11.1 Å². The predicted molar refractivity (Wildman–Crippen MR) is 115 cm³/mol. The highest BCUT2D eigenvalue weighted by Crippen LogP contribution is 2.28. The second-order valence-corrected chi connectivity index (χ2v) is 8.93. The number of hydrogen-bond donors (Lipinski definition) is 2. The van der Waals surface area contributed by atoms with Gasteiger partial charge in [0.25, 0.3) is 0 Å². The second-order valence-electron chi connectivity index (χ2n) is 7.62. The lowest BCUT2D eigenvalue weighted by Crippen LogP contribution is -2.23. The molecule has 0 aliphatic rings. The first-order chi connectivity index (χ1) is 13.3. The van der Waals surface area contributed by atoms with Gasteiger partial charge in [0.15, 0.2) is 5.82 Å². The lowest BCUT2D eigenvalue weighted by molar-refractivity contribution is -0.115. The number of nitrogens with one attached hydrogen (secondary N) is 1. The number of anilines is 1. The summed E-state index contributed by atoms with van der Waals surface area (Å²) in [7, 11) is 0. The molecule has 0 saturated heterocycles. The second kappa shape index (κ2) is 8.06. The summed E-state index contributed by atoms with van der Waals surface area (Å²) in [6.07, 6.45) is 0. The fourth-order valence-corrected chi connectivity index (χ4v) is 3.42. The Kier molecular flexibility index (Phi) is 5.74. The number of thioether (sulfide) groups is 1. The van der Waals surface area contributed by atoms with Crippen molar-refractivity contribution in [3.05, 3.63) is 60.2 Å². The molecule has 0 spiro atoms. The first kappa shape index (κ1) is 19.9. The highest BCUT2D eigenvalue weighted by atomic mass is 32.2. The number of benzene rings is 2. The number of aromatic nitrogens is 3. The minimum Gasteiger partial charge on any atom is -0.335 e. The lowest BCUT2D eigenvalue weighted by Gasteiger charge is -2.19. The number of nitrogens with zero attached hydrogens (tertiary/aromatic N) is 3. The van der Waals surface area contributed by atoms with Crippen LogP contribution in [0.5, 0.6) is 0 Å². The number of nitrogens with two attached hydrogens (primary N) is 1. The smallest absolute Gasteiger partial charge is 0.237 e. The maximum atomic E-state index is 12.4. The topological polar surface area (TPSA) is 85.8 Å². The molecular weight excluding hydrogens is 370 g/mol. The minimum atomic E-state index is -0.372. The van der Waals surface area contributed by atoms with Crippen LogP contribution in [-0.2, 0) is 10.2 Å². The molecule has 3 N–H and O–H groups in total. The summed E-state index contributed by atoms with van der Waals surface area (Å²) in [6, 6.07) is 17.5. The van der Waals surface area contributed by atoms with Crippen LogP contribution in [0.25, 0.3) is 11.4 Å². The number of nitrogen functional groups attached to an aromatic ring is 1. The highest BCUT2D eigenvalue weighted by molar-refractivity contribution is 8.00. The number of amides is 1. The van der Waals surface area contributed by atoms with E-state index < -0.39 is 0 Å². The van der Waals surface area contributed by atoms with Crippen molar-refractivity contribution < 1.29 is 4.79 Å². The molecule has 0 saturated carbocycles. The average Bonchev–Trinajstić information content (AvgIpc) is 3.02. The standard InChI is InChI=1S/C21H25N5OS/c1-14(19(27)23-17-8-6-5-7-9-17)28-20-25-24-18(26(20)22)15-10-12-16(13-11-15)21(2,3)4/h5-14H,22H2,1-4H3,(H,23,27). The Bertz CT molecular complexity index is 945. The number of hydrogen-bond acceptors (Lipinski definition) is 5. The van der Waals surface area contributed by atoms with Gasteiger partial charge in [0.1, 0.15) is 0 Å². The molecule has 0 aliphatic carbocycles. The first-order valence-electron chi connectivity index (χ1n) is 9.09. The average molecular weight is 396 g/mol. The molecule has 0 aliphatic heterocycles. The van der Waals surface area contributed by atoms with Crippen LogP contribution in [0.3, 0.4) is 0 Å². The van der Waals surface area contributed by atoms with Gasteiger partial charge in [0, 0.05) is 11.3 Å². The zero-order valence-electron chi connectivity index (χ0n) is 16.5. The van der Waals surface area contributed by atoms with Gasteiger partial charge in [-0.3, -0.25) is 4.79 Å². The van der Waals surface area contributed by atoms with Crippen molar-refractivity contribution in [3.8, 4) is 11.4 Å². The molecule has 7 heteroatoms. The molecule has 1 atom stereocenters. The van der Waals surface area contributed by atoms with Gasteiger partial charge in [0.05, 0.1) is 5.25 Å². The summed E-state index contributed by atoms with van der Waals surface area (Å²) in [6.45, 7) is 8.33. The van der Waals surface area contributed by atoms with Crippen molar-refractivity contribution in [3.63, 3.8) is 0 Å². The molecule has 28 heavy (non-hydrogen) atoms. The molecule has 3 aromatic rings. The molecule has 0 radical (unpaired) electrons. The van der Waals surface area contributed by atoms with E-state index in [9.17, 15) is 4.79 Å². The third-order valence-corrected chi connectivity index (χ3v) is 5.42. The molecule has 1 heterocycles. The third kappa shape index (κ3) is 4.54. The molecule has 2 aromatic carbocycles. The molecule has 3 rings (SSSR count). The zero-order chi connectivity index (χ0) is 20.3. The molecule has 1 aromatic heterocycles. The molecule has 0 fully saturated rings. The van der Waals surface area contributed by atoms with Crippen LogP contribution in [-0.4, -0.2) is 26.0 Å². The first-order valence-corrected chi connectivity index (χ1v) is 9.97. The molecule has 146 valence electrons. The number of para-hydroxylation sites is 1. The van der Waals surface area contributed by atoms with Gasteiger partial charge in [-0.2, -0.15) is 0 Å². The van der Waals surface area contributed by atoms with Gasteiger partial charge < -0.3 is 11.2 Å². The van der Waals surface area contributed by atoms with E-state index in [-0.39, 0.29) is 16.6 Å². The van der Waals surface area contributed by atoms with E-state index in [4.69, 9.17) is 5.84 Å². The van der Waals surface area contributed by atoms with E-state index in [0.717, 1.165) is 11.3 Å². The summed E-state index contributed by atoms with van der Waals surface area (Å²) < 4.78 is 1.43. The zero-order valence-corrected chi connectivity index (χ0v) is 17.3. The quantitative estimate of drug-likeness (QED) is 0.502. The lowest BCUT2D eigenvalue weighted by atomic mass is 9.87. The summed E-state index contributed by atoms with van der Waals surface area (Å²) in [4.78, 5) is 12.4.